The van der Waals surface area contributed by atoms with Crippen LogP contribution in [-0.2, 0) is 12.1 Å². The van der Waals surface area contributed by atoms with Crippen LogP contribution in [0.25, 0.3) is 0 Å². The third-order valence-corrected chi connectivity index (χ3v) is 5.15. The van der Waals surface area contributed by atoms with Gasteiger partial charge in [-0.1, -0.05) is 36.0 Å². The number of nitrogens with zero attached hydrogens (tertiary/aromatic N) is 2. The minimum Gasteiger partial charge on any atom is -0.497 e. The first kappa shape index (κ1) is 19.9. The largest absolute Gasteiger partial charge is 0.497 e. The summed E-state index contributed by atoms with van der Waals surface area (Å²) in [6.45, 7) is 1.66. The highest BCUT2D eigenvalue weighted by atomic mass is 32.2. The Labute approximate surface area is 165 Å². The van der Waals surface area contributed by atoms with E-state index < -0.39 is 23.3 Å². The molecule has 0 aromatic heterocycles. The first-order chi connectivity index (χ1) is 13.3. The van der Waals surface area contributed by atoms with Gasteiger partial charge in [-0.05, 0) is 42.2 Å². The van der Waals surface area contributed by atoms with Crippen LogP contribution in [0.2, 0.25) is 0 Å². The summed E-state index contributed by atoms with van der Waals surface area (Å²) in [4.78, 5) is 17.4. The second kappa shape index (κ2) is 8.02. The lowest BCUT2D eigenvalue weighted by atomic mass is 9.92. The lowest BCUT2D eigenvalue weighted by Crippen LogP contribution is -2.36. The normalized spacial score (nSPS) is 18.5. The zero-order valence-corrected chi connectivity index (χ0v) is 16.0. The Morgan fingerprint density at radius 1 is 1.25 bits per heavy atom. The van der Waals surface area contributed by atoms with Crippen molar-refractivity contribution in [3.05, 3.63) is 76.7 Å². The molecule has 1 unspecified atom stereocenters. The molecule has 1 aliphatic rings. The SMILES string of the molecule is COc1ccc(CN(C(=O)O)C2=NC(C)(c3cccc(F)c3F)C=CS2)cc1. The number of ether oxygens (including phenoxy) is 1. The fourth-order valence-corrected chi connectivity index (χ4v) is 3.76. The van der Waals surface area contributed by atoms with E-state index in [1.807, 2.05) is 0 Å². The van der Waals surface area contributed by atoms with Gasteiger partial charge in [0.05, 0.1) is 13.7 Å². The summed E-state index contributed by atoms with van der Waals surface area (Å²) in [6.07, 6.45) is 0.423. The molecule has 0 saturated heterocycles. The van der Waals surface area contributed by atoms with E-state index in [1.54, 1.807) is 49.8 Å². The summed E-state index contributed by atoms with van der Waals surface area (Å²) in [5, 5.41) is 11.5. The Hall–Kier alpha value is -2.87. The average molecular weight is 404 g/mol. The number of rotatable bonds is 4. The molecule has 5 nitrogen and oxygen atoms in total. The maximum atomic E-state index is 14.3. The number of amidine groups is 1. The van der Waals surface area contributed by atoms with Gasteiger partial charge < -0.3 is 9.84 Å². The molecule has 0 fully saturated rings. The highest BCUT2D eigenvalue weighted by Crippen LogP contribution is 2.36. The van der Waals surface area contributed by atoms with Crippen LogP contribution in [0.1, 0.15) is 18.1 Å². The molecule has 1 amide bonds. The fourth-order valence-electron chi connectivity index (χ4n) is 2.79. The number of benzene rings is 2. The van der Waals surface area contributed by atoms with Crippen molar-refractivity contribution in [3.8, 4) is 5.75 Å². The van der Waals surface area contributed by atoms with E-state index >= 15 is 0 Å². The molecule has 1 aliphatic heterocycles. The van der Waals surface area contributed by atoms with Crippen molar-refractivity contribution in [2.24, 2.45) is 4.99 Å². The Morgan fingerprint density at radius 2 is 1.96 bits per heavy atom. The summed E-state index contributed by atoms with van der Waals surface area (Å²) < 4.78 is 33.1. The number of carboxylic acid groups (broad SMARTS) is 1. The quantitative estimate of drug-likeness (QED) is 0.780. The van der Waals surface area contributed by atoms with Gasteiger partial charge in [0.25, 0.3) is 0 Å². The molecule has 146 valence electrons. The summed E-state index contributed by atoms with van der Waals surface area (Å²) in [6, 6.07) is 10.8. The van der Waals surface area contributed by atoms with E-state index in [2.05, 4.69) is 4.99 Å². The van der Waals surface area contributed by atoms with Gasteiger partial charge in [-0.2, -0.15) is 0 Å². The monoisotopic (exact) mass is 404 g/mol. The first-order valence-electron chi connectivity index (χ1n) is 8.36. The van der Waals surface area contributed by atoms with E-state index in [4.69, 9.17) is 4.74 Å². The van der Waals surface area contributed by atoms with E-state index in [-0.39, 0.29) is 17.3 Å². The molecule has 2 aromatic rings. The Morgan fingerprint density at radius 3 is 2.61 bits per heavy atom. The lowest BCUT2D eigenvalue weighted by Gasteiger charge is -2.30. The number of halogens is 2. The van der Waals surface area contributed by atoms with E-state index in [0.717, 1.165) is 28.3 Å². The maximum absolute atomic E-state index is 14.3. The number of hydrogen-bond acceptors (Lipinski definition) is 4. The molecule has 0 radical (unpaired) electrons. The molecule has 1 heterocycles. The fraction of sp³-hybridized carbons (Fsp3) is 0.200. The van der Waals surface area contributed by atoms with Gasteiger partial charge in [0.2, 0.25) is 0 Å². The Balaban J connectivity index is 1.94. The smallest absolute Gasteiger partial charge is 0.413 e. The molecule has 0 spiro atoms. The van der Waals surface area contributed by atoms with Crippen LogP contribution in [0.5, 0.6) is 5.75 Å². The minimum atomic E-state index is -1.22. The standard InChI is InChI=1S/C20H18F2N2O3S/c1-20(15-4-3-5-16(21)17(15)22)10-11-28-18(23-20)24(19(25)26)12-13-6-8-14(27-2)9-7-13/h3-11H,12H2,1-2H3,(H,25,26). The molecule has 1 N–H and O–H groups in total. The van der Waals surface area contributed by atoms with Gasteiger partial charge in [-0.3, -0.25) is 4.90 Å². The van der Waals surface area contributed by atoms with Gasteiger partial charge in [-0.25, -0.2) is 18.6 Å². The molecular formula is C20H18F2N2O3S. The predicted molar refractivity (Wildman–Crippen MR) is 104 cm³/mol. The maximum Gasteiger partial charge on any atom is 0.413 e. The summed E-state index contributed by atoms with van der Waals surface area (Å²) in [5.74, 6) is -1.32. The number of hydrogen-bond donors (Lipinski definition) is 1. The van der Waals surface area contributed by atoms with Crippen molar-refractivity contribution < 1.29 is 23.4 Å². The molecule has 0 aliphatic carbocycles. The third kappa shape index (κ3) is 4.01. The lowest BCUT2D eigenvalue weighted by molar-refractivity contribution is 0.168. The topological polar surface area (TPSA) is 62.1 Å². The molecule has 0 saturated carbocycles. The van der Waals surface area contributed by atoms with Crippen LogP contribution in [-0.4, -0.2) is 28.4 Å². The van der Waals surface area contributed by atoms with Crippen molar-refractivity contribution >= 4 is 23.0 Å². The average Bonchev–Trinajstić information content (AvgIpc) is 2.68. The highest BCUT2D eigenvalue weighted by Gasteiger charge is 2.33. The van der Waals surface area contributed by atoms with Crippen LogP contribution < -0.4 is 4.74 Å². The van der Waals surface area contributed by atoms with E-state index in [9.17, 15) is 18.7 Å². The third-order valence-electron chi connectivity index (χ3n) is 4.35. The Kier molecular flexibility index (Phi) is 5.69. The second-order valence-electron chi connectivity index (χ2n) is 6.28. The van der Waals surface area contributed by atoms with Gasteiger partial charge in [-0.15, -0.1) is 0 Å². The second-order valence-corrected chi connectivity index (χ2v) is 7.15. The van der Waals surface area contributed by atoms with Gasteiger partial charge in [0.1, 0.15) is 11.3 Å². The number of carbonyl (C=O) groups is 1. The first-order valence-corrected chi connectivity index (χ1v) is 9.24. The molecule has 28 heavy (non-hydrogen) atoms. The van der Waals surface area contributed by atoms with E-state index in [1.165, 1.54) is 12.1 Å². The van der Waals surface area contributed by atoms with Crippen molar-refractivity contribution in [2.45, 2.75) is 19.0 Å². The summed E-state index contributed by atoms with van der Waals surface area (Å²) in [7, 11) is 1.55. The molecule has 3 rings (SSSR count). The molecule has 8 heteroatoms. The predicted octanol–water partition coefficient (Wildman–Crippen LogP) is 4.99. The zero-order chi connectivity index (χ0) is 20.3. The van der Waals surface area contributed by atoms with Crippen molar-refractivity contribution in [2.75, 3.05) is 7.11 Å². The van der Waals surface area contributed by atoms with Gasteiger partial charge in [0, 0.05) is 5.56 Å². The van der Waals surface area contributed by atoms with Crippen LogP contribution in [0.3, 0.4) is 0 Å². The summed E-state index contributed by atoms with van der Waals surface area (Å²) in [5.41, 5.74) is -0.448. The van der Waals surface area contributed by atoms with Crippen LogP contribution >= 0.6 is 11.8 Å². The van der Waals surface area contributed by atoms with Crippen molar-refractivity contribution in [3.63, 3.8) is 0 Å². The molecule has 0 bridgehead atoms. The molecule has 1 atom stereocenters. The van der Waals surface area contributed by atoms with Gasteiger partial charge in [0.15, 0.2) is 16.8 Å². The van der Waals surface area contributed by atoms with E-state index in [0.29, 0.717) is 5.75 Å². The minimum absolute atomic E-state index is 0.0383. The van der Waals surface area contributed by atoms with Crippen LogP contribution in [0, 0.1) is 11.6 Å². The summed E-state index contributed by atoms with van der Waals surface area (Å²) >= 11 is 1.11. The van der Waals surface area contributed by atoms with Gasteiger partial charge >= 0.3 is 6.09 Å². The van der Waals surface area contributed by atoms with Crippen molar-refractivity contribution in [1.29, 1.82) is 0 Å². The van der Waals surface area contributed by atoms with Crippen LogP contribution in [0.4, 0.5) is 13.6 Å². The number of thioether (sulfide) groups is 1. The zero-order valence-electron chi connectivity index (χ0n) is 15.2. The molecular weight excluding hydrogens is 386 g/mol. The van der Waals surface area contributed by atoms with Crippen molar-refractivity contribution in [1.82, 2.24) is 4.90 Å². The number of aliphatic imine (C=N–C) groups is 1. The molecule has 2 aromatic carbocycles. The number of methoxy groups -OCH3 is 1. The Bertz CT molecular complexity index is 947. The number of amides is 1. The van der Waals surface area contributed by atoms with Crippen LogP contribution in [0.15, 0.2) is 58.9 Å². The highest BCUT2D eigenvalue weighted by molar-refractivity contribution is 8.16.